The van der Waals surface area contributed by atoms with Crippen molar-refractivity contribution in [1.82, 2.24) is 5.32 Å². The fourth-order valence-electron chi connectivity index (χ4n) is 4.93. The van der Waals surface area contributed by atoms with Gasteiger partial charge in [0.2, 0.25) is 0 Å². The van der Waals surface area contributed by atoms with Crippen molar-refractivity contribution in [3.63, 3.8) is 0 Å². The summed E-state index contributed by atoms with van der Waals surface area (Å²) in [6.07, 6.45) is 7.07. The highest BCUT2D eigenvalue weighted by Gasteiger charge is 2.44. The van der Waals surface area contributed by atoms with E-state index >= 15 is 0 Å². The maximum Gasteiger partial charge on any atom is 0.0604 e. The quantitative estimate of drug-likeness (QED) is 0.371. The van der Waals surface area contributed by atoms with Gasteiger partial charge in [0.25, 0.3) is 0 Å². The van der Waals surface area contributed by atoms with Gasteiger partial charge in [-0.3, -0.25) is 0 Å². The summed E-state index contributed by atoms with van der Waals surface area (Å²) in [6.45, 7) is 11.3. The summed E-state index contributed by atoms with van der Waals surface area (Å²) >= 11 is 0. The predicted molar refractivity (Wildman–Crippen MR) is 133 cm³/mol. The van der Waals surface area contributed by atoms with E-state index in [4.69, 9.17) is 0 Å². The largest absolute Gasteiger partial charge is 0.384 e. The van der Waals surface area contributed by atoms with Crippen LogP contribution in [0.2, 0.25) is 0 Å². The molecule has 0 unspecified atom stereocenters. The van der Waals surface area contributed by atoms with Crippen molar-refractivity contribution in [2.45, 2.75) is 31.6 Å². The minimum absolute atomic E-state index is 0.226. The summed E-state index contributed by atoms with van der Waals surface area (Å²) in [5, 5.41) is 3.67. The lowest BCUT2D eigenvalue weighted by Crippen LogP contribution is -2.35. The zero-order chi connectivity index (χ0) is 21.7. The molecule has 0 radical (unpaired) electrons. The van der Waals surface area contributed by atoms with Crippen LogP contribution in [0.15, 0.2) is 115 Å². The first kappa shape index (κ1) is 20.9. The van der Waals surface area contributed by atoms with Gasteiger partial charge in [0.05, 0.1) is 5.41 Å². The second-order valence-corrected chi connectivity index (χ2v) is 8.42. The molecule has 3 aromatic carbocycles. The average molecular weight is 406 g/mol. The Kier molecular flexibility index (Phi) is 6.23. The maximum atomic E-state index is 4.60. The van der Waals surface area contributed by atoms with Crippen LogP contribution in [0.25, 0.3) is 11.1 Å². The van der Waals surface area contributed by atoms with Crippen molar-refractivity contribution in [3.8, 4) is 11.1 Å². The molecule has 1 N–H and O–H groups in total. The molecule has 1 aliphatic rings. The van der Waals surface area contributed by atoms with Crippen molar-refractivity contribution < 1.29 is 0 Å². The summed E-state index contributed by atoms with van der Waals surface area (Å²) < 4.78 is 0. The fraction of sp³-hybridized carbons (Fsp3) is 0.200. The maximum absolute atomic E-state index is 4.60. The molecule has 0 fully saturated rings. The van der Waals surface area contributed by atoms with E-state index in [1.165, 1.54) is 33.4 Å². The number of hydrogen-bond donors (Lipinski definition) is 1. The first-order chi connectivity index (χ1) is 15.2. The van der Waals surface area contributed by atoms with Crippen LogP contribution in [0.4, 0.5) is 0 Å². The van der Waals surface area contributed by atoms with Crippen molar-refractivity contribution in [3.05, 3.63) is 132 Å². The molecule has 1 heteroatoms. The average Bonchev–Trinajstić information content (AvgIpc) is 3.10. The zero-order valence-electron chi connectivity index (χ0n) is 18.4. The van der Waals surface area contributed by atoms with E-state index in [0.29, 0.717) is 0 Å². The van der Waals surface area contributed by atoms with Crippen LogP contribution in [-0.2, 0) is 11.8 Å². The Labute approximate surface area is 186 Å². The highest BCUT2D eigenvalue weighted by molar-refractivity contribution is 5.82. The Bertz CT molecular complexity index is 1060. The van der Waals surface area contributed by atoms with Gasteiger partial charge in [-0.25, -0.2) is 0 Å². The number of nitrogens with one attached hydrogen (secondary N) is 1. The number of fused-ring (bicyclic) bond motifs is 3. The predicted octanol–water partition coefficient (Wildman–Crippen LogP) is 7.21. The molecule has 0 heterocycles. The number of hydrogen-bond acceptors (Lipinski definition) is 1. The van der Waals surface area contributed by atoms with Crippen LogP contribution in [0.1, 0.15) is 36.5 Å². The normalized spacial score (nSPS) is 13.9. The molecular formula is C30H31N. The first-order valence-corrected chi connectivity index (χ1v) is 11.1. The number of aryl methyl sites for hydroxylation is 1. The van der Waals surface area contributed by atoms with E-state index in [2.05, 4.69) is 110 Å². The Hall–Kier alpha value is -3.32. The molecule has 0 bridgehead atoms. The van der Waals surface area contributed by atoms with Gasteiger partial charge in [0, 0.05) is 12.2 Å². The van der Waals surface area contributed by atoms with Gasteiger partial charge in [0.15, 0.2) is 0 Å². The van der Waals surface area contributed by atoms with Gasteiger partial charge in [-0.2, -0.15) is 0 Å². The smallest absolute Gasteiger partial charge is 0.0604 e. The van der Waals surface area contributed by atoms with Crippen LogP contribution < -0.4 is 5.32 Å². The van der Waals surface area contributed by atoms with E-state index in [9.17, 15) is 0 Å². The standard InChI is InChI=1S/C30H31N/c1-4-13-23(2)22-31-24(3)30(21-12-16-25-14-6-5-7-15-25)28-19-10-8-17-26(28)27-18-9-11-20-29(27)30/h4-11,13-15,17-20,31H,1,3,12,16,21-22H2,2H3/b23-13+. The third-order valence-electron chi connectivity index (χ3n) is 6.42. The molecule has 0 atom stereocenters. The van der Waals surface area contributed by atoms with Crippen LogP contribution in [0.5, 0.6) is 0 Å². The first-order valence-electron chi connectivity index (χ1n) is 11.1. The fourth-order valence-corrected chi connectivity index (χ4v) is 4.93. The van der Waals surface area contributed by atoms with Crippen LogP contribution in [-0.4, -0.2) is 6.54 Å². The zero-order valence-corrected chi connectivity index (χ0v) is 18.4. The summed E-state index contributed by atoms with van der Waals surface area (Å²) in [5.74, 6) is 0. The van der Waals surface area contributed by atoms with Crippen molar-refractivity contribution in [1.29, 1.82) is 0 Å². The molecule has 1 aliphatic carbocycles. The molecule has 0 spiro atoms. The van der Waals surface area contributed by atoms with Crippen molar-refractivity contribution >= 4 is 0 Å². The van der Waals surface area contributed by atoms with Gasteiger partial charge in [-0.1, -0.05) is 110 Å². The molecule has 0 saturated heterocycles. The topological polar surface area (TPSA) is 12.0 Å². The van der Waals surface area contributed by atoms with E-state index < -0.39 is 0 Å². The van der Waals surface area contributed by atoms with Crippen LogP contribution >= 0.6 is 0 Å². The summed E-state index contributed by atoms with van der Waals surface area (Å²) in [5.41, 5.74) is 8.89. The molecular weight excluding hydrogens is 374 g/mol. The SMILES string of the molecule is C=C/C=C(\C)CNC(=C)C1(CCCc2ccccc2)c2ccccc2-c2ccccc21. The highest BCUT2D eigenvalue weighted by Crippen LogP contribution is 2.54. The Morgan fingerprint density at radius 1 is 0.871 bits per heavy atom. The molecule has 0 saturated carbocycles. The number of rotatable bonds is 9. The molecule has 0 amide bonds. The lowest BCUT2D eigenvalue weighted by molar-refractivity contribution is 0.504. The third kappa shape index (κ3) is 4.01. The third-order valence-corrected chi connectivity index (χ3v) is 6.42. The van der Waals surface area contributed by atoms with E-state index in [1.54, 1.807) is 0 Å². The molecule has 31 heavy (non-hydrogen) atoms. The summed E-state index contributed by atoms with van der Waals surface area (Å²) in [4.78, 5) is 0. The van der Waals surface area contributed by atoms with Gasteiger partial charge in [0.1, 0.15) is 0 Å². The van der Waals surface area contributed by atoms with Gasteiger partial charge in [-0.05, 0) is 54.0 Å². The lowest BCUT2D eigenvalue weighted by atomic mass is 9.71. The van der Waals surface area contributed by atoms with E-state index in [-0.39, 0.29) is 5.41 Å². The molecule has 0 aliphatic heterocycles. The molecule has 156 valence electrons. The molecule has 3 aromatic rings. The Morgan fingerprint density at radius 2 is 1.45 bits per heavy atom. The second kappa shape index (κ2) is 9.22. The minimum Gasteiger partial charge on any atom is -0.384 e. The van der Waals surface area contributed by atoms with E-state index in [1.807, 2.05) is 6.08 Å². The highest BCUT2D eigenvalue weighted by atomic mass is 14.9. The van der Waals surface area contributed by atoms with Crippen molar-refractivity contribution in [2.24, 2.45) is 0 Å². The molecule has 0 aromatic heterocycles. The van der Waals surface area contributed by atoms with E-state index in [0.717, 1.165) is 31.5 Å². The van der Waals surface area contributed by atoms with Gasteiger partial charge >= 0.3 is 0 Å². The molecule has 1 nitrogen and oxygen atoms in total. The Balaban J connectivity index is 1.72. The van der Waals surface area contributed by atoms with Crippen molar-refractivity contribution in [2.75, 3.05) is 6.54 Å². The molecule has 4 rings (SSSR count). The lowest BCUT2D eigenvalue weighted by Gasteiger charge is -2.35. The minimum atomic E-state index is -0.226. The summed E-state index contributed by atoms with van der Waals surface area (Å²) in [6, 6.07) is 28.5. The Morgan fingerprint density at radius 3 is 2.06 bits per heavy atom. The van der Waals surface area contributed by atoms with Gasteiger partial charge < -0.3 is 5.32 Å². The monoisotopic (exact) mass is 405 g/mol. The summed E-state index contributed by atoms with van der Waals surface area (Å²) in [7, 11) is 0. The number of benzene rings is 3. The van der Waals surface area contributed by atoms with Crippen LogP contribution in [0, 0.1) is 0 Å². The second-order valence-electron chi connectivity index (χ2n) is 8.42. The number of allylic oxidation sites excluding steroid dienone is 3. The van der Waals surface area contributed by atoms with Gasteiger partial charge in [-0.15, -0.1) is 0 Å². The van der Waals surface area contributed by atoms with Crippen LogP contribution in [0.3, 0.4) is 0 Å².